The molecule has 2 aliphatic rings. The summed E-state index contributed by atoms with van der Waals surface area (Å²) in [5.74, 6) is 2.87. The van der Waals surface area contributed by atoms with E-state index in [0.717, 1.165) is 48.6 Å². The van der Waals surface area contributed by atoms with Crippen LogP contribution in [-0.4, -0.2) is 46.4 Å². The Morgan fingerprint density at radius 3 is 2.73 bits per heavy atom. The Kier molecular flexibility index (Phi) is 5.14. The molecule has 1 saturated heterocycles. The van der Waals surface area contributed by atoms with Crippen LogP contribution in [-0.2, 0) is 6.42 Å². The van der Waals surface area contributed by atoms with Crippen molar-refractivity contribution in [2.75, 3.05) is 26.2 Å². The van der Waals surface area contributed by atoms with Gasteiger partial charge in [0.05, 0.1) is 5.69 Å². The second-order valence-corrected chi connectivity index (χ2v) is 7.85. The van der Waals surface area contributed by atoms with E-state index in [1.807, 2.05) is 0 Å². The van der Waals surface area contributed by atoms with E-state index < -0.39 is 0 Å². The number of fused-ring (bicyclic) bond motifs is 2. The largest absolute Gasteiger partial charge is 0.357 e. The van der Waals surface area contributed by atoms with E-state index in [4.69, 9.17) is 9.98 Å². The zero-order valence-electron chi connectivity index (χ0n) is 16.1. The SMILES string of the molecule is CCNC(=NCCc1cn2cccc(C)c2n1)N1CC2CCCCC2C1. The molecule has 2 unspecified atom stereocenters. The Morgan fingerprint density at radius 2 is 2.04 bits per heavy atom. The van der Waals surface area contributed by atoms with Gasteiger partial charge >= 0.3 is 0 Å². The number of imidazole rings is 1. The van der Waals surface area contributed by atoms with Gasteiger partial charge in [-0.2, -0.15) is 0 Å². The van der Waals surface area contributed by atoms with Crippen LogP contribution < -0.4 is 5.32 Å². The molecular weight excluding hydrogens is 322 g/mol. The fourth-order valence-electron chi connectivity index (χ4n) is 4.61. The first-order valence-corrected chi connectivity index (χ1v) is 10.2. The molecule has 1 N–H and O–H groups in total. The molecule has 140 valence electrons. The van der Waals surface area contributed by atoms with Crippen LogP contribution in [0, 0.1) is 18.8 Å². The standard InChI is InChI=1S/C21H31N5/c1-3-22-21(26-13-17-8-4-5-9-18(17)14-26)23-11-10-19-15-25-12-6-7-16(2)20(25)24-19/h6-7,12,15,17-18H,3-5,8-11,13-14H2,1-2H3,(H,22,23). The maximum Gasteiger partial charge on any atom is 0.193 e. The highest BCUT2D eigenvalue weighted by Gasteiger charge is 2.35. The Labute approximate surface area is 156 Å². The molecule has 0 radical (unpaired) electrons. The van der Waals surface area contributed by atoms with E-state index in [1.54, 1.807) is 0 Å². The number of likely N-dealkylation sites (tertiary alicyclic amines) is 1. The molecule has 2 fully saturated rings. The Bertz CT molecular complexity index is 764. The smallest absolute Gasteiger partial charge is 0.193 e. The first-order valence-electron chi connectivity index (χ1n) is 10.2. The van der Waals surface area contributed by atoms with Crippen LogP contribution in [0.25, 0.3) is 5.65 Å². The van der Waals surface area contributed by atoms with Gasteiger partial charge in [-0.1, -0.05) is 18.9 Å². The normalized spacial score (nSPS) is 23.5. The lowest BCUT2D eigenvalue weighted by Crippen LogP contribution is -2.40. The van der Waals surface area contributed by atoms with Gasteiger partial charge in [0, 0.05) is 45.0 Å². The number of hydrogen-bond acceptors (Lipinski definition) is 2. The molecule has 5 nitrogen and oxygen atoms in total. The number of pyridine rings is 1. The van der Waals surface area contributed by atoms with Gasteiger partial charge in [0.25, 0.3) is 0 Å². The Morgan fingerprint density at radius 1 is 1.27 bits per heavy atom. The molecule has 26 heavy (non-hydrogen) atoms. The molecule has 2 atom stereocenters. The molecular formula is C21H31N5. The summed E-state index contributed by atoms with van der Waals surface area (Å²) in [7, 11) is 0. The molecule has 0 amide bonds. The molecule has 1 aliphatic heterocycles. The first kappa shape index (κ1) is 17.4. The highest BCUT2D eigenvalue weighted by Crippen LogP contribution is 2.35. The van der Waals surface area contributed by atoms with E-state index in [1.165, 1.54) is 44.3 Å². The highest BCUT2D eigenvalue weighted by molar-refractivity contribution is 5.80. The van der Waals surface area contributed by atoms with Crippen LogP contribution in [0.1, 0.15) is 43.9 Å². The Hall–Kier alpha value is -2.04. The van der Waals surface area contributed by atoms with Crippen LogP contribution in [0.4, 0.5) is 0 Å². The number of aliphatic imine (C=N–C) groups is 1. The van der Waals surface area contributed by atoms with E-state index in [0.29, 0.717) is 0 Å². The van der Waals surface area contributed by atoms with Crippen LogP contribution in [0.5, 0.6) is 0 Å². The van der Waals surface area contributed by atoms with Crippen molar-refractivity contribution < 1.29 is 0 Å². The van der Waals surface area contributed by atoms with Gasteiger partial charge in [0.15, 0.2) is 5.96 Å². The molecule has 0 aromatic carbocycles. The predicted molar refractivity (Wildman–Crippen MR) is 107 cm³/mol. The van der Waals surface area contributed by atoms with E-state index in [9.17, 15) is 0 Å². The number of aromatic nitrogens is 2. The topological polar surface area (TPSA) is 44.9 Å². The van der Waals surface area contributed by atoms with Crippen molar-refractivity contribution in [3.05, 3.63) is 35.8 Å². The molecule has 4 rings (SSSR count). The third kappa shape index (κ3) is 3.57. The van der Waals surface area contributed by atoms with Crippen molar-refractivity contribution in [3.8, 4) is 0 Å². The van der Waals surface area contributed by atoms with Crippen LogP contribution in [0.3, 0.4) is 0 Å². The average molecular weight is 354 g/mol. The van der Waals surface area contributed by atoms with E-state index >= 15 is 0 Å². The van der Waals surface area contributed by atoms with Crippen LogP contribution >= 0.6 is 0 Å². The number of rotatable bonds is 4. The molecule has 1 saturated carbocycles. The molecule has 0 spiro atoms. The summed E-state index contributed by atoms with van der Waals surface area (Å²) >= 11 is 0. The summed E-state index contributed by atoms with van der Waals surface area (Å²) in [4.78, 5) is 12.2. The zero-order valence-corrected chi connectivity index (χ0v) is 16.1. The van der Waals surface area contributed by atoms with Crippen molar-refractivity contribution >= 4 is 11.6 Å². The zero-order chi connectivity index (χ0) is 17.9. The fraction of sp³-hybridized carbons (Fsp3) is 0.619. The number of nitrogens with zero attached hydrogens (tertiary/aromatic N) is 4. The maximum atomic E-state index is 4.92. The van der Waals surface area contributed by atoms with Crippen LogP contribution in [0.15, 0.2) is 29.5 Å². The number of hydrogen-bond donors (Lipinski definition) is 1. The first-order chi connectivity index (χ1) is 12.7. The van der Waals surface area contributed by atoms with Gasteiger partial charge in [0.2, 0.25) is 0 Å². The van der Waals surface area contributed by atoms with Crippen LogP contribution in [0.2, 0.25) is 0 Å². The number of aryl methyl sites for hydroxylation is 1. The Balaban J connectivity index is 1.41. The molecule has 2 aromatic heterocycles. The molecule has 1 aliphatic carbocycles. The van der Waals surface area contributed by atoms with Gasteiger partial charge in [-0.3, -0.25) is 4.99 Å². The number of guanidine groups is 1. The summed E-state index contributed by atoms with van der Waals surface area (Å²) in [6, 6.07) is 4.18. The quantitative estimate of drug-likeness (QED) is 0.678. The minimum atomic E-state index is 0.789. The van der Waals surface area contributed by atoms with Gasteiger partial charge in [-0.25, -0.2) is 4.98 Å². The maximum absolute atomic E-state index is 4.92. The summed E-state index contributed by atoms with van der Waals surface area (Å²) in [5.41, 5.74) is 3.39. The predicted octanol–water partition coefficient (Wildman–Crippen LogP) is 3.27. The van der Waals surface area contributed by atoms with Crippen molar-refractivity contribution in [1.82, 2.24) is 19.6 Å². The fourth-order valence-corrected chi connectivity index (χ4v) is 4.61. The summed E-state index contributed by atoms with van der Waals surface area (Å²) in [5, 5.41) is 3.51. The third-order valence-corrected chi connectivity index (χ3v) is 5.97. The monoisotopic (exact) mass is 353 g/mol. The average Bonchev–Trinajstić information content (AvgIpc) is 3.25. The molecule has 5 heteroatoms. The second kappa shape index (κ2) is 7.68. The number of nitrogens with one attached hydrogen (secondary N) is 1. The van der Waals surface area contributed by atoms with Crippen molar-refractivity contribution in [3.63, 3.8) is 0 Å². The summed E-state index contributed by atoms with van der Waals surface area (Å²) in [6.45, 7) is 8.35. The lowest BCUT2D eigenvalue weighted by Gasteiger charge is -2.22. The summed E-state index contributed by atoms with van der Waals surface area (Å²) < 4.78 is 2.12. The van der Waals surface area contributed by atoms with Gasteiger partial charge < -0.3 is 14.6 Å². The lowest BCUT2D eigenvalue weighted by molar-refractivity contribution is 0.299. The van der Waals surface area contributed by atoms with Gasteiger partial charge in [-0.15, -0.1) is 0 Å². The van der Waals surface area contributed by atoms with Crippen molar-refractivity contribution in [2.24, 2.45) is 16.8 Å². The third-order valence-electron chi connectivity index (χ3n) is 5.97. The second-order valence-electron chi connectivity index (χ2n) is 7.85. The van der Waals surface area contributed by atoms with Crippen molar-refractivity contribution in [2.45, 2.75) is 46.0 Å². The van der Waals surface area contributed by atoms with Gasteiger partial charge in [0.1, 0.15) is 5.65 Å². The molecule has 0 bridgehead atoms. The lowest BCUT2D eigenvalue weighted by atomic mass is 9.82. The van der Waals surface area contributed by atoms with Crippen molar-refractivity contribution in [1.29, 1.82) is 0 Å². The molecule has 3 heterocycles. The summed E-state index contributed by atoms with van der Waals surface area (Å²) in [6.07, 6.45) is 10.7. The van der Waals surface area contributed by atoms with E-state index in [-0.39, 0.29) is 0 Å². The minimum absolute atomic E-state index is 0.789. The van der Waals surface area contributed by atoms with Gasteiger partial charge in [-0.05, 0) is 50.2 Å². The van der Waals surface area contributed by atoms with E-state index in [2.05, 4.69) is 53.0 Å². The highest BCUT2D eigenvalue weighted by atomic mass is 15.3. The molecule has 2 aromatic rings. The minimum Gasteiger partial charge on any atom is -0.357 e.